The highest BCUT2D eigenvalue weighted by molar-refractivity contribution is 6.33. The Morgan fingerprint density at radius 3 is 2.42 bits per heavy atom. The number of urea groups is 1. The van der Waals surface area contributed by atoms with Crippen LogP contribution in [0.3, 0.4) is 0 Å². The number of amides is 2. The summed E-state index contributed by atoms with van der Waals surface area (Å²) in [7, 11) is 3.14. The number of benzene rings is 2. The summed E-state index contributed by atoms with van der Waals surface area (Å²) in [6, 6.07) is 10.5. The largest absolute Gasteiger partial charge is 0.493 e. The minimum atomic E-state index is -0.191. The Balaban J connectivity index is 1.48. The quantitative estimate of drug-likeness (QED) is 0.638. The molecule has 10 heteroatoms. The molecule has 0 aliphatic carbocycles. The highest BCUT2D eigenvalue weighted by Crippen LogP contribution is 2.34. The Hall–Kier alpha value is -3.46. The molecule has 0 spiro atoms. The number of methoxy groups -OCH3 is 2. The second-order valence-electron chi connectivity index (χ2n) is 7.02. The minimum absolute atomic E-state index is 0.191. The van der Waals surface area contributed by atoms with E-state index in [4.69, 9.17) is 26.8 Å². The van der Waals surface area contributed by atoms with Gasteiger partial charge in [0.25, 0.3) is 0 Å². The first-order chi connectivity index (χ1) is 15.0. The molecule has 0 saturated carbocycles. The van der Waals surface area contributed by atoms with E-state index in [0.29, 0.717) is 71.1 Å². The fourth-order valence-corrected chi connectivity index (χ4v) is 3.66. The molecule has 0 radical (unpaired) electrons. The minimum Gasteiger partial charge on any atom is -0.493 e. The van der Waals surface area contributed by atoms with Crippen molar-refractivity contribution < 1.29 is 14.3 Å². The van der Waals surface area contributed by atoms with Gasteiger partial charge in [0.1, 0.15) is 5.82 Å². The van der Waals surface area contributed by atoms with Crippen LogP contribution in [0.25, 0.3) is 10.9 Å². The van der Waals surface area contributed by atoms with E-state index < -0.39 is 0 Å². The van der Waals surface area contributed by atoms with Gasteiger partial charge in [0.2, 0.25) is 5.95 Å². The maximum atomic E-state index is 12.6. The number of hydrogen-bond acceptors (Lipinski definition) is 7. The number of halogens is 1. The van der Waals surface area contributed by atoms with E-state index in [9.17, 15) is 4.79 Å². The number of rotatable bonds is 4. The zero-order chi connectivity index (χ0) is 22.0. The first-order valence-corrected chi connectivity index (χ1v) is 10.1. The number of hydrogen-bond donors (Lipinski definition) is 2. The smallest absolute Gasteiger partial charge is 0.322 e. The van der Waals surface area contributed by atoms with Gasteiger partial charge in [-0.05, 0) is 18.2 Å². The van der Waals surface area contributed by atoms with Gasteiger partial charge < -0.3 is 30.3 Å². The van der Waals surface area contributed by atoms with Crippen molar-refractivity contribution >= 4 is 46.0 Å². The predicted octanol–water partition coefficient (Wildman–Crippen LogP) is 3.24. The number of aromatic nitrogens is 2. The van der Waals surface area contributed by atoms with E-state index in [1.807, 2.05) is 17.0 Å². The first kappa shape index (κ1) is 20.8. The van der Waals surface area contributed by atoms with E-state index >= 15 is 0 Å². The van der Waals surface area contributed by atoms with E-state index in [1.165, 1.54) is 0 Å². The van der Waals surface area contributed by atoms with Crippen molar-refractivity contribution in [2.24, 2.45) is 0 Å². The second kappa shape index (κ2) is 8.73. The summed E-state index contributed by atoms with van der Waals surface area (Å²) < 4.78 is 10.7. The van der Waals surface area contributed by atoms with Crippen LogP contribution < -0.4 is 25.4 Å². The van der Waals surface area contributed by atoms with Crippen molar-refractivity contribution in [3.63, 3.8) is 0 Å². The van der Waals surface area contributed by atoms with Crippen LogP contribution in [0.1, 0.15) is 0 Å². The summed E-state index contributed by atoms with van der Waals surface area (Å²) >= 11 is 6.13. The molecule has 0 bridgehead atoms. The van der Waals surface area contributed by atoms with Gasteiger partial charge in [-0.25, -0.2) is 9.78 Å². The molecule has 2 amide bonds. The van der Waals surface area contributed by atoms with Gasteiger partial charge >= 0.3 is 6.03 Å². The number of para-hydroxylation sites is 1. The molecule has 31 heavy (non-hydrogen) atoms. The fraction of sp³-hybridized carbons (Fsp3) is 0.286. The van der Waals surface area contributed by atoms with Crippen LogP contribution in [-0.2, 0) is 0 Å². The van der Waals surface area contributed by atoms with E-state index in [-0.39, 0.29) is 6.03 Å². The lowest BCUT2D eigenvalue weighted by molar-refractivity contribution is 0.208. The SMILES string of the molecule is COc1cc2nc(N3CCN(C(=O)Nc4ccccc4Cl)CC3)nc(N)c2cc1OC. The molecule has 3 N–H and O–H groups in total. The summed E-state index contributed by atoms with van der Waals surface area (Å²) in [6.45, 7) is 2.19. The third-order valence-corrected chi connectivity index (χ3v) is 5.51. The molecule has 162 valence electrons. The molecule has 1 aliphatic rings. The number of piperazine rings is 1. The highest BCUT2D eigenvalue weighted by Gasteiger charge is 2.24. The Bertz CT molecular complexity index is 1120. The Kier molecular flexibility index (Phi) is 5.85. The molecule has 4 rings (SSSR count). The zero-order valence-electron chi connectivity index (χ0n) is 17.3. The summed E-state index contributed by atoms with van der Waals surface area (Å²) in [5, 5.41) is 4.05. The number of nitrogens with zero attached hydrogens (tertiary/aromatic N) is 4. The number of ether oxygens (including phenoxy) is 2. The zero-order valence-corrected chi connectivity index (χ0v) is 18.0. The Labute approximate surface area is 184 Å². The van der Waals surface area contributed by atoms with Crippen molar-refractivity contribution in [1.82, 2.24) is 14.9 Å². The summed E-state index contributed by atoms with van der Waals surface area (Å²) in [5.41, 5.74) is 7.45. The lowest BCUT2D eigenvalue weighted by atomic mass is 10.2. The standard InChI is InChI=1S/C21H23ClN6O3/c1-30-17-11-13-16(12-18(17)31-2)24-20(26-19(13)23)27-7-9-28(10-8-27)21(29)25-15-6-4-3-5-14(15)22/h3-6,11-12H,7-10H2,1-2H3,(H,25,29)(H2,23,24,26). The molecular weight excluding hydrogens is 420 g/mol. The normalized spacial score (nSPS) is 13.9. The lowest BCUT2D eigenvalue weighted by Crippen LogP contribution is -2.50. The lowest BCUT2D eigenvalue weighted by Gasteiger charge is -2.34. The van der Waals surface area contributed by atoms with Crippen molar-refractivity contribution in [2.75, 3.05) is 56.3 Å². The summed E-state index contributed by atoms with van der Waals surface area (Å²) in [6.07, 6.45) is 0. The first-order valence-electron chi connectivity index (χ1n) is 9.75. The average Bonchev–Trinajstić information content (AvgIpc) is 2.79. The van der Waals surface area contributed by atoms with E-state index in [2.05, 4.69) is 15.3 Å². The average molecular weight is 443 g/mol. The number of fused-ring (bicyclic) bond motifs is 1. The topological polar surface area (TPSA) is 106 Å². The predicted molar refractivity (Wildman–Crippen MR) is 121 cm³/mol. The molecule has 0 atom stereocenters. The number of nitrogen functional groups attached to an aromatic ring is 1. The summed E-state index contributed by atoms with van der Waals surface area (Å²) in [5.74, 6) is 2.01. The van der Waals surface area contributed by atoms with Gasteiger partial charge in [-0.1, -0.05) is 23.7 Å². The molecule has 2 heterocycles. The van der Waals surface area contributed by atoms with Crippen LogP contribution in [0.15, 0.2) is 36.4 Å². The molecular formula is C21H23ClN6O3. The molecule has 1 aromatic heterocycles. The van der Waals surface area contributed by atoms with Crippen molar-refractivity contribution in [3.05, 3.63) is 41.4 Å². The third kappa shape index (κ3) is 4.22. The van der Waals surface area contributed by atoms with Gasteiger partial charge in [0, 0.05) is 37.6 Å². The van der Waals surface area contributed by atoms with Crippen LogP contribution in [0.2, 0.25) is 5.02 Å². The van der Waals surface area contributed by atoms with Crippen LogP contribution in [0, 0.1) is 0 Å². The molecule has 0 unspecified atom stereocenters. The van der Waals surface area contributed by atoms with E-state index in [0.717, 1.165) is 0 Å². The molecule has 3 aromatic rings. The molecule has 1 fully saturated rings. The number of anilines is 3. The maximum absolute atomic E-state index is 12.6. The van der Waals surface area contributed by atoms with Crippen LogP contribution in [0.5, 0.6) is 11.5 Å². The van der Waals surface area contributed by atoms with Gasteiger partial charge in [-0.3, -0.25) is 0 Å². The summed E-state index contributed by atoms with van der Waals surface area (Å²) in [4.78, 5) is 25.4. The van der Waals surface area contributed by atoms with Gasteiger partial charge in [-0.15, -0.1) is 0 Å². The monoisotopic (exact) mass is 442 g/mol. The molecule has 9 nitrogen and oxygen atoms in total. The molecule has 1 saturated heterocycles. The highest BCUT2D eigenvalue weighted by atomic mass is 35.5. The molecule has 1 aliphatic heterocycles. The van der Waals surface area contributed by atoms with Gasteiger partial charge in [-0.2, -0.15) is 4.98 Å². The van der Waals surface area contributed by atoms with E-state index in [1.54, 1.807) is 43.4 Å². The van der Waals surface area contributed by atoms with Gasteiger partial charge in [0.15, 0.2) is 11.5 Å². The molecule has 2 aromatic carbocycles. The Morgan fingerprint density at radius 1 is 1.06 bits per heavy atom. The van der Waals surface area contributed by atoms with Crippen molar-refractivity contribution in [1.29, 1.82) is 0 Å². The number of nitrogens with two attached hydrogens (primary N) is 1. The number of nitrogens with one attached hydrogen (secondary N) is 1. The van der Waals surface area contributed by atoms with Crippen molar-refractivity contribution in [2.45, 2.75) is 0 Å². The number of carbonyl (C=O) groups is 1. The Morgan fingerprint density at radius 2 is 1.74 bits per heavy atom. The van der Waals surface area contributed by atoms with Crippen molar-refractivity contribution in [3.8, 4) is 11.5 Å². The number of carbonyl (C=O) groups excluding carboxylic acids is 1. The van der Waals surface area contributed by atoms with Crippen LogP contribution in [0.4, 0.5) is 22.2 Å². The maximum Gasteiger partial charge on any atom is 0.322 e. The fourth-order valence-electron chi connectivity index (χ4n) is 3.47. The van der Waals surface area contributed by atoms with Crippen LogP contribution in [-0.4, -0.2) is 61.3 Å². The third-order valence-electron chi connectivity index (χ3n) is 5.18. The van der Waals surface area contributed by atoms with Crippen LogP contribution >= 0.6 is 11.6 Å². The van der Waals surface area contributed by atoms with Gasteiger partial charge in [0.05, 0.1) is 30.4 Å². The second-order valence-corrected chi connectivity index (χ2v) is 7.42.